The molecule has 0 bridgehead atoms. The molecule has 152 valence electrons. The van der Waals surface area contributed by atoms with Crippen molar-refractivity contribution in [1.82, 2.24) is 10.2 Å². The number of carbonyl (C=O) groups is 1. The molecule has 2 aromatic carbocycles. The number of carbonyl (C=O) groups excluding carboxylic acids is 1. The molecule has 1 N–H and O–H groups in total. The van der Waals surface area contributed by atoms with Crippen LogP contribution in [0.2, 0.25) is 0 Å². The third kappa shape index (κ3) is 5.92. The van der Waals surface area contributed by atoms with Gasteiger partial charge in [0.2, 0.25) is 5.13 Å². The number of amides is 1. The average Bonchev–Trinajstić information content (AvgIpc) is 3.18. The first-order valence-electron chi connectivity index (χ1n) is 8.46. The molecule has 0 spiro atoms. The van der Waals surface area contributed by atoms with E-state index in [1.165, 1.54) is 36.0 Å². The Balaban J connectivity index is 1.64. The van der Waals surface area contributed by atoms with Crippen LogP contribution in [-0.2, 0) is 10.5 Å². The second kappa shape index (κ2) is 9.56. The van der Waals surface area contributed by atoms with Crippen LogP contribution in [0, 0.1) is 11.3 Å². The van der Waals surface area contributed by atoms with Crippen molar-refractivity contribution in [1.29, 1.82) is 5.26 Å². The molecule has 5 nitrogen and oxygen atoms in total. The first-order chi connectivity index (χ1) is 14.3. The van der Waals surface area contributed by atoms with Crippen LogP contribution in [0.25, 0.3) is 5.57 Å². The highest BCUT2D eigenvalue weighted by molar-refractivity contribution is 8.00. The van der Waals surface area contributed by atoms with E-state index in [4.69, 9.17) is 5.26 Å². The zero-order valence-electron chi connectivity index (χ0n) is 15.2. The molecule has 0 radical (unpaired) electrons. The van der Waals surface area contributed by atoms with E-state index in [9.17, 15) is 18.0 Å². The highest BCUT2D eigenvalue weighted by atomic mass is 32.2. The quantitative estimate of drug-likeness (QED) is 0.316. The second-order valence-electron chi connectivity index (χ2n) is 5.88. The summed E-state index contributed by atoms with van der Waals surface area (Å²) in [5.41, 5.74) is 0.392. The monoisotopic (exact) mass is 446 g/mol. The number of thioether (sulfide) groups is 1. The maximum atomic E-state index is 13.3. The van der Waals surface area contributed by atoms with Crippen molar-refractivity contribution in [2.45, 2.75) is 16.3 Å². The van der Waals surface area contributed by atoms with E-state index in [0.717, 1.165) is 16.9 Å². The number of aromatic nitrogens is 2. The van der Waals surface area contributed by atoms with E-state index < -0.39 is 17.7 Å². The number of halogens is 3. The number of hydrogen-bond acceptors (Lipinski definition) is 6. The molecular weight excluding hydrogens is 433 g/mol. The van der Waals surface area contributed by atoms with E-state index in [1.807, 2.05) is 18.2 Å². The van der Waals surface area contributed by atoms with Gasteiger partial charge in [-0.1, -0.05) is 65.6 Å². The van der Waals surface area contributed by atoms with Crippen molar-refractivity contribution in [2.24, 2.45) is 0 Å². The summed E-state index contributed by atoms with van der Waals surface area (Å²) in [5.74, 6) is -0.369. The molecule has 30 heavy (non-hydrogen) atoms. The molecule has 3 rings (SSSR count). The lowest BCUT2D eigenvalue weighted by Gasteiger charge is -2.11. The zero-order valence-corrected chi connectivity index (χ0v) is 16.8. The fourth-order valence-corrected chi connectivity index (χ4v) is 4.07. The molecule has 0 fully saturated rings. The molecular formula is C20H13F3N4OS2. The molecule has 0 saturated heterocycles. The van der Waals surface area contributed by atoms with Crippen LogP contribution in [0.5, 0.6) is 0 Å². The van der Waals surface area contributed by atoms with Crippen LogP contribution in [0.3, 0.4) is 0 Å². The fourth-order valence-electron chi connectivity index (χ4n) is 2.36. The molecule has 0 unspecified atom stereocenters. The molecule has 0 aliphatic heterocycles. The van der Waals surface area contributed by atoms with Crippen LogP contribution in [0.15, 0.2) is 65.0 Å². The van der Waals surface area contributed by atoms with Crippen molar-refractivity contribution >= 4 is 39.7 Å². The number of rotatable bonds is 6. The van der Waals surface area contributed by atoms with Gasteiger partial charge in [0.1, 0.15) is 0 Å². The van der Waals surface area contributed by atoms with Crippen LogP contribution >= 0.6 is 23.1 Å². The van der Waals surface area contributed by atoms with Gasteiger partial charge in [0.25, 0.3) is 5.91 Å². The molecule has 0 atom stereocenters. The molecule has 10 heteroatoms. The maximum absolute atomic E-state index is 13.3. The molecule has 1 heterocycles. The number of nitrogens with one attached hydrogen (secondary N) is 1. The standard InChI is InChI=1S/C20H13F3N4OS2/c21-20(22,23)16(15-4-2-1-3-5-15)10-17(28)25-18-26-27-19(30-18)29-12-14-8-6-13(11-24)7-9-14/h1-10H,12H2,(H,25,26,28)/b16-10-. The fraction of sp³-hybridized carbons (Fsp3) is 0.100. The number of nitrogens with zero attached hydrogens (tertiary/aromatic N) is 3. The van der Waals surface area contributed by atoms with Crippen molar-refractivity contribution in [3.8, 4) is 6.07 Å². The average molecular weight is 446 g/mol. The molecule has 0 saturated carbocycles. The van der Waals surface area contributed by atoms with Crippen molar-refractivity contribution < 1.29 is 18.0 Å². The normalized spacial score (nSPS) is 11.7. The third-order valence-corrected chi connectivity index (χ3v) is 5.79. The number of hydrogen-bond donors (Lipinski definition) is 1. The van der Waals surface area contributed by atoms with Gasteiger partial charge in [-0.15, -0.1) is 10.2 Å². The van der Waals surface area contributed by atoms with Crippen LogP contribution in [0.4, 0.5) is 18.3 Å². The third-order valence-electron chi connectivity index (χ3n) is 3.75. The zero-order chi connectivity index (χ0) is 21.6. The van der Waals surface area contributed by atoms with Crippen LogP contribution in [-0.4, -0.2) is 22.3 Å². The highest BCUT2D eigenvalue weighted by Crippen LogP contribution is 2.34. The van der Waals surface area contributed by atoms with Crippen molar-refractivity contribution in [3.63, 3.8) is 0 Å². The van der Waals surface area contributed by atoms with Gasteiger partial charge in [-0.3, -0.25) is 10.1 Å². The van der Waals surface area contributed by atoms with Gasteiger partial charge in [-0.2, -0.15) is 18.4 Å². The Morgan fingerprint density at radius 1 is 1.13 bits per heavy atom. The maximum Gasteiger partial charge on any atom is 0.417 e. The Hall–Kier alpha value is -3.16. The number of nitriles is 1. The summed E-state index contributed by atoms with van der Waals surface area (Å²) >= 11 is 2.43. The predicted octanol–water partition coefficient (Wildman–Crippen LogP) is 5.29. The lowest BCUT2D eigenvalue weighted by Crippen LogP contribution is -2.16. The number of alkyl halides is 3. The SMILES string of the molecule is N#Cc1ccc(CSc2nnc(NC(=O)/C=C(/c3ccccc3)C(F)(F)F)s2)cc1. The van der Waals surface area contributed by atoms with Gasteiger partial charge in [-0.25, -0.2) is 0 Å². The lowest BCUT2D eigenvalue weighted by molar-refractivity contribution is -0.112. The van der Waals surface area contributed by atoms with Gasteiger partial charge in [0.05, 0.1) is 17.2 Å². The summed E-state index contributed by atoms with van der Waals surface area (Å²) in [6.45, 7) is 0. The molecule has 0 aliphatic carbocycles. The van der Waals surface area contributed by atoms with E-state index in [0.29, 0.717) is 21.7 Å². The van der Waals surface area contributed by atoms with Gasteiger partial charge in [-0.05, 0) is 23.3 Å². The molecule has 1 aromatic heterocycles. The summed E-state index contributed by atoms with van der Waals surface area (Å²) in [4.78, 5) is 12.1. The Kier molecular flexibility index (Phi) is 6.87. The highest BCUT2D eigenvalue weighted by Gasteiger charge is 2.35. The largest absolute Gasteiger partial charge is 0.417 e. The summed E-state index contributed by atoms with van der Waals surface area (Å²) in [5, 5.41) is 19.0. The van der Waals surface area contributed by atoms with Crippen LogP contribution in [0.1, 0.15) is 16.7 Å². The summed E-state index contributed by atoms with van der Waals surface area (Å²) < 4.78 is 40.5. The van der Waals surface area contributed by atoms with Gasteiger partial charge in [0, 0.05) is 11.8 Å². The molecule has 3 aromatic rings. The molecule has 1 amide bonds. The van der Waals surface area contributed by atoms with Gasteiger partial charge in [0.15, 0.2) is 4.34 Å². The minimum absolute atomic E-state index is 0.101. The Bertz CT molecular complexity index is 1090. The Morgan fingerprint density at radius 2 is 1.83 bits per heavy atom. The Labute approximate surface area is 178 Å². The van der Waals surface area contributed by atoms with E-state index in [-0.39, 0.29) is 10.7 Å². The summed E-state index contributed by atoms with van der Waals surface area (Å²) in [6, 6.07) is 16.2. The van der Waals surface area contributed by atoms with Gasteiger partial charge >= 0.3 is 6.18 Å². The lowest BCUT2D eigenvalue weighted by atomic mass is 10.1. The first kappa shape index (κ1) is 21.5. The van der Waals surface area contributed by atoms with Crippen molar-refractivity contribution in [2.75, 3.05) is 5.32 Å². The predicted molar refractivity (Wildman–Crippen MR) is 110 cm³/mol. The van der Waals surface area contributed by atoms with E-state index in [1.54, 1.807) is 18.2 Å². The summed E-state index contributed by atoms with van der Waals surface area (Å²) in [6.07, 6.45) is -4.16. The van der Waals surface area contributed by atoms with E-state index >= 15 is 0 Å². The van der Waals surface area contributed by atoms with Gasteiger partial charge < -0.3 is 0 Å². The Morgan fingerprint density at radius 3 is 2.47 bits per heavy atom. The second-order valence-corrected chi connectivity index (χ2v) is 8.08. The number of anilines is 1. The number of allylic oxidation sites excluding steroid dienone is 1. The van der Waals surface area contributed by atoms with Crippen LogP contribution < -0.4 is 5.32 Å². The molecule has 0 aliphatic rings. The topological polar surface area (TPSA) is 78.7 Å². The minimum Gasteiger partial charge on any atom is -0.297 e. The van der Waals surface area contributed by atoms with E-state index in [2.05, 4.69) is 15.5 Å². The summed E-state index contributed by atoms with van der Waals surface area (Å²) in [7, 11) is 0. The minimum atomic E-state index is -4.68. The smallest absolute Gasteiger partial charge is 0.297 e. The first-order valence-corrected chi connectivity index (χ1v) is 10.3. The van der Waals surface area contributed by atoms with Crippen molar-refractivity contribution in [3.05, 3.63) is 77.4 Å². The number of benzene rings is 2.